The molecule has 106 valence electrons. The van der Waals surface area contributed by atoms with Gasteiger partial charge in [0.1, 0.15) is 6.61 Å². The maximum atomic E-state index is 11.7. The Morgan fingerprint density at radius 1 is 1.17 bits per heavy atom. The highest BCUT2D eigenvalue weighted by Gasteiger charge is 2.22. The van der Waals surface area contributed by atoms with Crippen molar-refractivity contribution in [1.29, 1.82) is 0 Å². The van der Waals surface area contributed by atoms with Crippen molar-refractivity contribution in [3.8, 4) is 0 Å². The maximum absolute atomic E-state index is 11.7. The Kier molecular flexibility index (Phi) is 7.33. The molecule has 1 aliphatic carbocycles. The van der Waals surface area contributed by atoms with E-state index in [-0.39, 0.29) is 12.5 Å². The fourth-order valence-corrected chi connectivity index (χ4v) is 2.90. The van der Waals surface area contributed by atoms with Crippen molar-refractivity contribution in [1.82, 2.24) is 4.90 Å². The van der Waals surface area contributed by atoms with Gasteiger partial charge in [-0.25, -0.2) is 0 Å². The molecule has 0 spiro atoms. The number of rotatable bonds is 7. The molecule has 1 fully saturated rings. The molecule has 0 atom stereocenters. The van der Waals surface area contributed by atoms with Crippen LogP contribution in [-0.2, 0) is 9.53 Å². The lowest BCUT2D eigenvalue weighted by atomic mass is 9.80. The van der Waals surface area contributed by atoms with E-state index in [0.717, 1.165) is 12.5 Å². The molecular weight excluding hydrogens is 226 g/mol. The van der Waals surface area contributed by atoms with Crippen LogP contribution in [0.25, 0.3) is 0 Å². The van der Waals surface area contributed by atoms with E-state index in [1.807, 2.05) is 18.9 Å². The predicted molar refractivity (Wildman–Crippen MR) is 74.5 cm³/mol. The smallest absolute Gasteiger partial charge is 0.248 e. The topological polar surface area (TPSA) is 29.5 Å². The van der Waals surface area contributed by atoms with Crippen LogP contribution in [0.15, 0.2) is 0 Å². The molecular formula is C15H29NO2. The van der Waals surface area contributed by atoms with Crippen LogP contribution in [-0.4, -0.2) is 37.6 Å². The SMILES string of the molecule is CCCC1CCC(CN(C)C(=O)COCC)CC1. The number of carbonyl (C=O) groups is 1. The molecule has 0 aliphatic heterocycles. The number of amides is 1. The van der Waals surface area contributed by atoms with Crippen molar-refractivity contribution < 1.29 is 9.53 Å². The molecule has 3 heteroatoms. The Hall–Kier alpha value is -0.570. The number of hydrogen-bond donors (Lipinski definition) is 0. The fourth-order valence-electron chi connectivity index (χ4n) is 2.90. The zero-order chi connectivity index (χ0) is 13.4. The van der Waals surface area contributed by atoms with Gasteiger partial charge in [-0.1, -0.05) is 32.6 Å². The van der Waals surface area contributed by atoms with Crippen LogP contribution in [0.4, 0.5) is 0 Å². The highest BCUT2D eigenvalue weighted by molar-refractivity contribution is 5.77. The van der Waals surface area contributed by atoms with E-state index in [1.165, 1.54) is 38.5 Å². The van der Waals surface area contributed by atoms with Gasteiger partial charge < -0.3 is 9.64 Å². The summed E-state index contributed by atoms with van der Waals surface area (Å²) in [6.07, 6.45) is 7.97. The van der Waals surface area contributed by atoms with Gasteiger partial charge in [0, 0.05) is 20.2 Å². The minimum Gasteiger partial charge on any atom is -0.372 e. The Bertz CT molecular complexity index is 235. The van der Waals surface area contributed by atoms with E-state index >= 15 is 0 Å². The van der Waals surface area contributed by atoms with Gasteiger partial charge in [-0.3, -0.25) is 4.79 Å². The Morgan fingerprint density at radius 3 is 2.33 bits per heavy atom. The Morgan fingerprint density at radius 2 is 1.78 bits per heavy atom. The molecule has 0 unspecified atom stereocenters. The van der Waals surface area contributed by atoms with E-state index in [4.69, 9.17) is 4.74 Å². The lowest BCUT2D eigenvalue weighted by molar-refractivity contribution is -0.135. The fraction of sp³-hybridized carbons (Fsp3) is 0.933. The van der Waals surface area contributed by atoms with E-state index in [1.54, 1.807) is 0 Å². The second-order valence-corrected chi connectivity index (χ2v) is 5.59. The van der Waals surface area contributed by atoms with Gasteiger partial charge >= 0.3 is 0 Å². The lowest BCUT2D eigenvalue weighted by Crippen LogP contribution is -2.35. The lowest BCUT2D eigenvalue weighted by Gasteiger charge is -2.31. The van der Waals surface area contributed by atoms with Gasteiger partial charge in [0.25, 0.3) is 0 Å². The second kappa shape index (κ2) is 8.52. The molecule has 0 aromatic heterocycles. The number of ether oxygens (including phenoxy) is 1. The van der Waals surface area contributed by atoms with Crippen LogP contribution >= 0.6 is 0 Å². The summed E-state index contributed by atoms with van der Waals surface area (Å²) in [5, 5.41) is 0. The normalized spacial score (nSPS) is 23.9. The molecule has 1 aliphatic rings. The predicted octanol–water partition coefficient (Wildman–Crippen LogP) is 3.09. The third-order valence-electron chi connectivity index (χ3n) is 4.05. The minimum absolute atomic E-state index is 0.118. The summed E-state index contributed by atoms with van der Waals surface area (Å²) in [4.78, 5) is 13.6. The summed E-state index contributed by atoms with van der Waals surface area (Å²) >= 11 is 0. The van der Waals surface area contributed by atoms with Crippen LogP contribution in [0.3, 0.4) is 0 Å². The summed E-state index contributed by atoms with van der Waals surface area (Å²) in [5.41, 5.74) is 0. The van der Waals surface area contributed by atoms with Gasteiger partial charge in [0.05, 0.1) is 0 Å². The first-order valence-electron chi connectivity index (χ1n) is 7.49. The molecule has 0 aromatic rings. The van der Waals surface area contributed by atoms with E-state index < -0.39 is 0 Å². The second-order valence-electron chi connectivity index (χ2n) is 5.59. The van der Waals surface area contributed by atoms with Crippen LogP contribution < -0.4 is 0 Å². The monoisotopic (exact) mass is 255 g/mol. The third kappa shape index (κ3) is 5.38. The molecule has 0 N–H and O–H groups in total. The van der Waals surface area contributed by atoms with Crippen molar-refractivity contribution in [3.63, 3.8) is 0 Å². The number of hydrogen-bond acceptors (Lipinski definition) is 2. The molecule has 0 saturated heterocycles. The van der Waals surface area contributed by atoms with E-state index in [9.17, 15) is 4.79 Å². The van der Waals surface area contributed by atoms with Gasteiger partial charge in [-0.2, -0.15) is 0 Å². The van der Waals surface area contributed by atoms with E-state index in [2.05, 4.69) is 6.92 Å². The third-order valence-corrected chi connectivity index (χ3v) is 4.05. The summed E-state index contributed by atoms with van der Waals surface area (Å²) in [7, 11) is 1.90. The van der Waals surface area contributed by atoms with Crippen molar-refractivity contribution in [2.24, 2.45) is 11.8 Å². The highest BCUT2D eigenvalue weighted by atomic mass is 16.5. The van der Waals surface area contributed by atoms with Crippen LogP contribution in [0.1, 0.15) is 52.4 Å². The number of carbonyl (C=O) groups excluding carboxylic acids is 1. The van der Waals surface area contributed by atoms with Crippen molar-refractivity contribution in [2.75, 3.05) is 26.8 Å². The first-order chi connectivity index (χ1) is 8.67. The molecule has 0 radical (unpaired) electrons. The van der Waals surface area contributed by atoms with Crippen molar-refractivity contribution in [3.05, 3.63) is 0 Å². The average Bonchev–Trinajstić information content (AvgIpc) is 2.38. The molecule has 3 nitrogen and oxygen atoms in total. The van der Waals surface area contributed by atoms with Crippen LogP contribution in [0.2, 0.25) is 0 Å². The largest absolute Gasteiger partial charge is 0.372 e. The molecule has 0 heterocycles. The number of likely N-dealkylation sites (N-methyl/N-ethyl adjacent to an activating group) is 1. The zero-order valence-corrected chi connectivity index (χ0v) is 12.3. The summed E-state index contributed by atoms with van der Waals surface area (Å²) in [6, 6.07) is 0. The molecule has 1 rings (SSSR count). The summed E-state index contributed by atoms with van der Waals surface area (Å²) < 4.78 is 5.16. The Labute approximate surface area is 112 Å². The first kappa shape index (κ1) is 15.5. The quantitative estimate of drug-likeness (QED) is 0.699. The van der Waals surface area contributed by atoms with Crippen molar-refractivity contribution in [2.45, 2.75) is 52.4 Å². The average molecular weight is 255 g/mol. The minimum atomic E-state index is 0.118. The first-order valence-corrected chi connectivity index (χ1v) is 7.49. The van der Waals surface area contributed by atoms with E-state index in [0.29, 0.717) is 12.5 Å². The van der Waals surface area contributed by atoms with Gasteiger partial charge in [0.2, 0.25) is 5.91 Å². The van der Waals surface area contributed by atoms with Gasteiger partial charge in [0.15, 0.2) is 0 Å². The van der Waals surface area contributed by atoms with Crippen molar-refractivity contribution >= 4 is 5.91 Å². The molecule has 1 amide bonds. The standard InChI is InChI=1S/C15H29NO2/c1-4-6-13-7-9-14(10-8-13)11-16(3)15(17)12-18-5-2/h13-14H,4-12H2,1-3H3. The highest BCUT2D eigenvalue weighted by Crippen LogP contribution is 2.31. The van der Waals surface area contributed by atoms with Crippen LogP contribution in [0, 0.1) is 11.8 Å². The summed E-state index contributed by atoms with van der Waals surface area (Å²) in [5.74, 6) is 1.76. The maximum Gasteiger partial charge on any atom is 0.248 e. The molecule has 18 heavy (non-hydrogen) atoms. The van der Waals surface area contributed by atoms with Gasteiger partial charge in [-0.05, 0) is 31.6 Å². The molecule has 0 bridgehead atoms. The summed E-state index contributed by atoms with van der Waals surface area (Å²) in [6.45, 7) is 5.94. The molecule has 0 aromatic carbocycles. The number of nitrogens with zero attached hydrogens (tertiary/aromatic N) is 1. The Balaban J connectivity index is 2.21. The molecule has 1 saturated carbocycles. The van der Waals surface area contributed by atoms with Crippen LogP contribution in [0.5, 0.6) is 0 Å². The zero-order valence-electron chi connectivity index (χ0n) is 12.3. The van der Waals surface area contributed by atoms with Gasteiger partial charge in [-0.15, -0.1) is 0 Å².